The lowest BCUT2D eigenvalue weighted by Gasteiger charge is -2.35. The standard InChI is InChI=1S/C36H43N3O6S/c40-31(39-35-37-21-22-46-35)18-15-29(33(42)45-25-27-11-5-2-6-12-27)23-36(19-7-8-20-36)34(43)38-30-16-13-28(14-17-30)32(41)44-24-26-9-3-1-4-10-26/h1-6,9-12,21-22,28-30H,7-8,13-20,23-25H2,(H,38,43)(H,37,39,40)/t28-,29?,30+. The molecule has 2 aliphatic carbocycles. The third-order valence-corrected chi connectivity index (χ3v) is 9.94. The van der Waals surface area contributed by atoms with Crippen molar-refractivity contribution in [3.05, 3.63) is 83.4 Å². The minimum atomic E-state index is -0.701. The number of aromatic nitrogens is 1. The SMILES string of the molecule is O=C(CCC(CC1(C(=O)N[C@H]2CC[C@@H](C(=O)OCc3ccccc3)CC2)CCCC1)C(=O)OCc1ccccc1)Nc1nccs1. The van der Waals surface area contributed by atoms with Crippen molar-refractivity contribution in [1.29, 1.82) is 0 Å². The predicted octanol–water partition coefficient (Wildman–Crippen LogP) is 6.59. The van der Waals surface area contributed by atoms with E-state index in [0.29, 0.717) is 50.1 Å². The molecule has 244 valence electrons. The van der Waals surface area contributed by atoms with E-state index < -0.39 is 11.3 Å². The maximum absolute atomic E-state index is 14.0. The molecule has 1 atom stereocenters. The topological polar surface area (TPSA) is 124 Å². The second-order valence-electron chi connectivity index (χ2n) is 12.5. The molecule has 46 heavy (non-hydrogen) atoms. The minimum absolute atomic E-state index is 0.0318. The van der Waals surface area contributed by atoms with E-state index in [9.17, 15) is 19.2 Å². The van der Waals surface area contributed by atoms with Gasteiger partial charge >= 0.3 is 11.9 Å². The zero-order chi connectivity index (χ0) is 32.2. The van der Waals surface area contributed by atoms with Crippen LogP contribution in [0.2, 0.25) is 0 Å². The van der Waals surface area contributed by atoms with Crippen LogP contribution in [0.15, 0.2) is 72.2 Å². The van der Waals surface area contributed by atoms with E-state index in [1.807, 2.05) is 60.7 Å². The first-order valence-electron chi connectivity index (χ1n) is 16.3. The first kappa shape index (κ1) is 33.3. The van der Waals surface area contributed by atoms with Crippen molar-refractivity contribution in [3.8, 4) is 0 Å². The predicted molar refractivity (Wildman–Crippen MR) is 175 cm³/mol. The molecule has 0 saturated heterocycles. The molecular formula is C36H43N3O6S. The van der Waals surface area contributed by atoms with Gasteiger partial charge in [0.2, 0.25) is 11.8 Å². The summed E-state index contributed by atoms with van der Waals surface area (Å²) in [5, 5.41) is 8.37. The van der Waals surface area contributed by atoms with Crippen LogP contribution in [-0.2, 0) is 41.9 Å². The average molecular weight is 646 g/mol. The van der Waals surface area contributed by atoms with E-state index in [2.05, 4.69) is 15.6 Å². The molecule has 10 heteroatoms. The molecule has 0 bridgehead atoms. The van der Waals surface area contributed by atoms with E-state index in [-0.39, 0.29) is 61.8 Å². The monoisotopic (exact) mass is 645 g/mol. The van der Waals surface area contributed by atoms with Crippen LogP contribution >= 0.6 is 11.3 Å². The maximum atomic E-state index is 14.0. The van der Waals surface area contributed by atoms with Crippen molar-refractivity contribution in [2.45, 2.75) is 89.9 Å². The number of nitrogens with zero attached hydrogens (tertiary/aromatic N) is 1. The Kier molecular flexibility index (Phi) is 11.9. The summed E-state index contributed by atoms with van der Waals surface area (Å²) in [7, 11) is 0. The highest BCUT2D eigenvalue weighted by Gasteiger charge is 2.45. The summed E-state index contributed by atoms with van der Waals surface area (Å²) in [6.45, 7) is 0.401. The van der Waals surface area contributed by atoms with Crippen LogP contribution in [0.3, 0.4) is 0 Å². The number of nitrogens with one attached hydrogen (secondary N) is 2. The van der Waals surface area contributed by atoms with Gasteiger partial charge in [-0.3, -0.25) is 19.2 Å². The number of thiazole rings is 1. The number of carbonyl (C=O) groups excluding carboxylic acids is 4. The first-order valence-corrected chi connectivity index (χ1v) is 17.2. The molecule has 2 saturated carbocycles. The summed E-state index contributed by atoms with van der Waals surface area (Å²) in [6.07, 6.45) is 8.26. The molecule has 2 N–H and O–H groups in total. The van der Waals surface area contributed by atoms with Gasteiger partial charge in [-0.15, -0.1) is 11.3 Å². The van der Waals surface area contributed by atoms with Gasteiger partial charge in [-0.05, 0) is 62.5 Å². The number of rotatable bonds is 14. The minimum Gasteiger partial charge on any atom is -0.461 e. The van der Waals surface area contributed by atoms with Crippen molar-refractivity contribution in [3.63, 3.8) is 0 Å². The van der Waals surface area contributed by atoms with Gasteiger partial charge in [-0.25, -0.2) is 4.98 Å². The number of benzene rings is 2. The van der Waals surface area contributed by atoms with Crippen molar-refractivity contribution >= 4 is 40.2 Å². The van der Waals surface area contributed by atoms with E-state index >= 15 is 0 Å². The van der Waals surface area contributed by atoms with Gasteiger partial charge in [-0.2, -0.15) is 0 Å². The molecule has 2 fully saturated rings. The van der Waals surface area contributed by atoms with Crippen molar-refractivity contribution < 1.29 is 28.7 Å². The molecular weight excluding hydrogens is 602 g/mol. The van der Waals surface area contributed by atoms with Crippen LogP contribution in [0.4, 0.5) is 5.13 Å². The smallest absolute Gasteiger partial charge is 0.309 e. The van der Waals surface area contributed by atoms with Gasteiger partial charge < -0.3 is 20.1 Å². The summed E-state index contributed by atoms with van der Waals surface area (Å²) in [4.78, 5) is 57.0. The fraction of sp³-hybridized carbons (Fsp3) is 0.472. The third kappa shape index (κ3) is 9.48. The maximum Gasteiger partial charge on any atom is 0.309 e. The Hall–Kier alpha value is -4.05. The number of anilines is 1. The zero-order valence-corrected chi connectivity index (χ0v) is 27.0. The van der Waals surface area contributed by atoms with E-state index in [1.54, 1.807) is 11.6 Å². The van der Waals surface area contributed by atoms with Crippen LogP contribution in [0.25, 0.3) is 0 Å². The van der Waals surface area contributed by atoms with E-state index in [1.165, 1.54) is 11.3 Å². The number of carbonyl (C=O) groups is 4. The van der Waals surface area contributed by atoms with Crippen LogP contribution < -0.4 is 10.6 Å². The molecule has 9 nitrogen and oxygen atoms in total. The lowest BCUT2D eigenvalue weighted by Crippen LogP contribution is -2.47. The summed E-state index contributed by atoms with van der Waals surface area (Å²) >= 11 is 1.33. The van der Waals surface area contributed by atoms with Crippen molar-refractivity contribution in [1.82, 2.24) is 10.3 Å². The molecule has 1 aromatic heterocycles. The summed E-state index contributed by atoms with van der Waals surface area (Å²) in [6, 6.07) is 19.1. The van der Waals surface area contributed by atoms with Gasteiger partial charge in [0.05, 0.1) is 17.3 Å². The van der Waals surface area contributed by atoms with E-state index in [4.69, 9.17) is 9.47 Å². The van der Waals surface area contributed by atoms with Crippen LogP contribution in [-0.4, -0.2) is 34.8 Å². The summed E-state index contributed by atoms with van der Waals surface area (Å²) in [5.74, 6) is -1.61. The van der Waals surface area contributed by atoms with Crippen LogP contribution in [0, 0.1) is 17.3 Å². The Bertz CT molecular complexity index is 1420. The second-order valence-corrected chi connectivity index (χ2v) is 13.4. The van der Waals surface area contributed by atoms with Crippen molar-refractivity contribution in [2.75, 3.05) is 5.32 Å². The van der Waals surface area contributed by atoms with Crippen LogP contribution in [0.5, 0.6) is 0 Å². The molecule has 0 aliphatic heterocycles. The number of hydrogen-bond acceptors (Lipinski definition) is 8. The normalized spacial score (nSPS) is 19.5. The average Bonchev–Trinajstić information content (AvgIpc) is 3.79. The third-order valence-electron chi connectivity index (χ3n) is 9.25. The molecule has 0 radical (unpaired) electrons. The van der Waals surface area contributed by atoms with Crippen molar-refractivity contribution in [2.24, 2.45) is 17.3 Å². The van der Waals surface area contributed by atoms with E-state index in [0.717, 1.165) is 24.0 Å². The van der Waals surface area contributed by atoms with Gasteiger partial charge in [0.25, 0.3) is 0 Å². The molecule has 1 heterocycles. The Morgan fingerprint density at radius 1 is 0.870 bits per heavy atom. The number of amides is 2. The molecule has 3 aromatic rings. The first-order chi connectivity index (χ1) is 22.4. The number of esters is 2. The van der Waals surface area contributed by atoms with Crippen LogP contribution in [0.1, 0.15) is 81.8 Å². The molecule has 1 unspecified atom stereocenters. The summed E-state index contributed by atoms with van der Waals surface area (Å²) in [5.41, 5.74) is 1.14. The van der Waals surface area contributed by atoms with Gasteiger partial charge in [0.15, 0.2) is 5.13 Å². The number of ether oxygens (including phenoxy) is 2. The molecule has 2 aliphatic rings. The molecule has 2 aromatic carbocycles. The fourth-order valence-electron chi connectivity index (χ4n) is 6.63. The molecule has 2 amide bonds. The highest BCUT2D eigenvalue weighted by molar-refractivity contribution is 7.13. The Labute approximate surface area is 274 Å². The Balaban J connectivity index is 1.17. The zero-order valence-electron chi connectivity index (χ0n) is 26.2. The lowest BCUT2D eigenvalue weighted by molar-refractivity contribution is -0.152. The van der Waals surface area contributed by atoms with Gasteiger partial charge in [-0.1, -0.05) is 73.5 Å². The van der Waals surface area contributed by atoms with Gasteiger partial charge in [0, 0.05) is 24.0 Å². The quantitative estimate of drug-likeness (QED) is 0.190. The lowest BCUT2D eigenvalue weighted by atomic mass is 9.75. The highest BCUT2D eigenvalue weighted by atomic mass is 32.1. The van der Waals surface area contributed by atoms with Gasteiger partial charge in [0.1, 0.15) is 13.2 Å². The Morgan fingerprint density at radius 2 is 1.50 bits per heavy atom. The highest BCUT2D eigenvalue weighted by Crippen LogP contribution is 2.45. The second kappa shape index (κ2) is 16.5. The fourth-order valence-corrected chi connectivity index (χ4v) is 7.17. The summed E-state index contributed by atoms with van der Waals surface area (Å²) < 4.78 is 11.3. The number of hydrogen-bond donors (Lipinski definition) is 2. The Morgan fingerprint density at radius 3 is 2.11 bits per heavy atom. The largest absolute Gasteiger partial charge is 0.461 e. The molecule has 5 rings (SSSR count). The molecule has 0 spiro atoms.